The Morgan fingerprint density at radius 2 is 1.79 bits per heavy atom. The van der Waals surface area contributed by atoms with Crippen LogP contribution in [-0.2, 0) is 9.53 Å². The highest BCUT2D eigenvalue weighted by molar-refractivity contribution is 6.15. The van der Waals surface area contributed by atoms with Crippen LogP contribution in [0.25, 0.3) is 0 Å². The van der Waals surface area contributed by atoms with Gasteiger partial charge in [-0.2, -0.15) is 0 Å². The van der Waals surface area contributed by atoms with Gasteiger partial charge >= 0.3 is 5.97 Å². The van der Waals surface area contributed by atoms with E-state index in [9.17, 15) is 24.5 Å². The summed E-state index contributed by atoms with van der Waals surface area (Å²) in [5.74, 6) is -1.87. The summed E-state index contributed by atoms with van der Waals surface area (Å²) < 4.78 is 5.15. The number of ether oxygens (including phenoxy) is 1. The molecule has 9 heteroatoms. The number of carbonyl (C=O) groups excluding carboxylic acids is 3. The topological polar surface area (TPSA) is 128 Å². The third kappa shape index (κ3) is 4.95. The zero-order valence-electron chi connectivity index (χ0n) is 16.2. The summed E-state index contributed by atoms with van der Waals surface area (Å²) in [6, 6.07) is 9.94. The summed E-state index contributed by atoms with van der Waals surface area (Å²) >= 11 is 0. The first-order chi connectivity index (χ1) is 13.8. The van der Waals surface area contributed by atoms with Crippen LogP contribution in [0, 0.1) is 10.1 Å². The number of nitrogens with zero attached hydrogens (tertiary/aromatic N) is 1. The Labute approximate surface area is 167 Å². The lowest BCUT2D eigenvalue weighted by atomic mass is 9.97. The summed E-state index contributed by atoms with van der Waals surface area (Å²) in [7, 11) is 1.53. The molecule has 0 saturated carbocycles. The van der Waals surface area contributed by atoms with Crippen molar-refractivity contribution < 1.29 is 24.0 Å². The van der Waals surface area contributed by atoms with Crippen LogP contribution in [0.5, 0.6) is 0 Å². The van der Waals surface area contributed by atoms with Crippen molar-refractivity contribution in [2.24, 2.45) is 0 Å². The van der Waals surface area contributed by atoms with E-state index in [0.717, 1.165) is 6.07 Å². The van der Waals surface area contributed by atoms with Crippen molar-refractivity contribution in [3.63, 3.8) is 0 Å². The molecule has 9 nitrogen and oxygen atoms in total. The Hall–Kier alpha value is -3.75. The number of rotatable bonds is 8. The molecule has 0 radical (unpaired) electrons. The van der Waals surface area contributed by atoms with E-state index < -0.39 is 28.7 Å². The molecule has 152 valence electrons. The first kappa shape index (κ1) is 21.5. The van der Waals surface area contributed by atoms with Gasteiger partial charge in [0, 0.05) is 30.8 Å². The van der Waals surface area contributed by atoms with E-state index in [4.69, 9.17) is 4.74 Å². The Morgan fingerprint density at radius 1 is 1.14 bits per heavy atom. The van der Waals surface area contributed by atoms with E-state index >= 15 is 0 Å². The molecule has 0 heterocycles. The summed E-state index contributed by atoms with van der Waals surface area (Å²) in [4.78, 5) is 47.9. The van der Waals surface area contributed by atoms with Crippen molar-refractivity contribution in [2.75, 3.05) is 18.9 Å². The molecule has 1 amide bonds. The van der Waals surface area contributed by atoms with E-state index in [1.54, 1.807) is 19.1 Å². The van der Waals surface area contributed by atoms with Crippen molar-refractivity contribution in [2.45, 2.75) is 20.0 Å². The maximum Gasteiger partial charge on any atom is 0.339 e. The van der Waals surface area contributed by atoms with E-state index in [2.05, 4.69) is 10.6 Å². The monoisotopic (exact) mass is 399 g/mol. The Kier molecular flexibility index (Phi) is 7.02. The standard InChI is InChI=1S/C20H21N3O6/c1-4-22-19(25)12(2)29-20(26)15-8-6-5-7-14(15)18(24)13-9-10-16(21-3)17(11-13)23(27)28/h5-12,21H,4H2,1-3H3,(H,22,25)/t12-/m0/s1. The number of carbonyl (C=O) groups is 3. The highest BCUT2D eigenvalue weighted by Crippen LogP contribution is 2.27. The zero-order valence-corrected chi connectivity index (χ0v) is 16.2. The number of anilines is 1. The molecule has 0 aliphatic heterocycles. The molecule has 0 saturated heterocycles. The second-order valence-electron chi connectivity index (χ2n) is 6.06. The molecular formula is C20H21N3O6. The lowest BCUT2D eigenvalue weighted by molar-refractivity contribution is -0.384. The number of hydrogen-bond donors (Lipinski definition) is 2. The molecule has 0 aliphatic rings. The van der Waals surface area contributed by atoms with E-state index in [1.807, 2.05) is 0 Å². The van der Waals surface area contributed by atoms with Crippen LogP contribution < -0.4 is 10.6 Å². The molecule has 0 spiro atoms. The fraction of sp³-hybridized carbons (Fsp3) is 0.250. The molecule has 0 bridgehead atoms. The number of esters is 1. The van der Waals surface area contributed by atoms with Gasteiger partial charge in [-0.1, -0.05) is 18.2 Å². The van der Waals surface area contributed by atoms with Gasteiger partial charge in [0.2, 0.25) is 0 Å². The lowest BCUT2D eigenvalue weighted by Crippen LogP contribution is -2.35. The van der Waals surface area contributed by atoms with Gasteiger partial charge in [0.1, 0.15) is 5.69 Å². The minimum Gasteiger partial charge on any atom is -0.449 e. The summed E-state index contributed by atoms with van der Waals surface area (Å²) in [6.07, 6.45) is -1.04. The highest BCUT2D eigenvalue weighted by atomic mass is 16.6. The predicted octanol–water partition coefficient (Wildman–Crippen LogP) is 2.55. The fourth-order valence-electron chi connectivity index (χ4n) is 2.65. The van der Waals surface area contributed by atoms with Gasteiger partial charge < -0.3 is 15.4 Å². The van der Waals surface area contributed by atoms with Crippen molar-refractivity contribution in [1.29, 1.82) is 0 Å². The lowest BCUT2D eigenvalue weighted by Gasteiger charge is -2.14. The minimum atomic E-state index is -1.04. The average Bonchev–Trinajstić information content (AvgIpc) is 2.72. The van der Waals surface area contributed by atoms with Crippen LogP contribution in [0.15, 0.2) is 42.5 Å². The van der Waals surface area contributed by atoms with Crippen LogP contribution in [-0.4, -0.2) is 42.3 Å². The smallest absolute Gasteiger partial charge is 0.339 e. The Balaban J connectivity index is 2.36. The fourth-order valence-corrected chi connectivity index (χ4v) is 2.65. The highest BCUT2D eigenvalue weighted by Gasteiger charge is 2.24. The van der Waals surface area contributed by atoms with Gasteiger partial charge in [0.05, 0.1) is 10.5 Å². The molecule has 1 atom stereocenters. The number of hydrogen-bond acceptors (Lipinski definition) is 7. The van der Waals surface area contributed by atoms with Gasteiger partial charge in [-0.25, -0.2) is 4.79 Å². The van der Waals surface area contributed by atoms with Crippen LogP contribution in [0.4, 0.5) is 11.4 Å². The summed E-state index contributed by atoms with van der Waals surface area (Å²) in [5.41, 5.74) is 0.0343. The Morgan fingerprint density at radius 3 is 2.38 bits per heavy atom. The number of amides is 1. The van der Waals surface area contributed by atoms with Crippen molar-refractivity contribution >= 4 is 29.0 Å². The molecule has 0 fully saturated rings. The van der Waals surface area contributed by atoms with E-state index in [0.29, 0.717) is 6.54 Å². The molecular weight excluding hydrogens is 378 g/mol. The first-order valence-corrected chi connectivity index (χ1v) is 8.88. The predicted molar refractivity (Wildman–Crippen MR) is 106 cm³/mol. The van der Waals surface area contributed by atoms with Crippen molar-refractivity contribution in [3.8, 4) is 0 Å². The number of nitro benzene ring substituents is 1. The third-order valence-electron chi connectivity index (χ3n) is 4.12. The minimum absolute atomic E-state index is 0.0205. The van der Waals surface area contributed by atoms with Crippen LogP contribution in [0.2, 0.25) is 0 Å². The van der Waals surface area contributed by atoms with Gasteiger partial charge in [-0.05, 0) is 32.0 Å². The van der Waals surface area contributed by atoms with Gasteiger partial charge in [-0.15, -0.1) is 0 Å². The van der Waals surface area contributed by atoms with Crippen LogP contribution in [0.3, 0.4) is 0 Å². The van der Waals surface area contributed by atoms with Crippen LogP contribution in [0.1, 0.15) is 40.1 Å². The maximum absolute atomic E-state index is 12.9. The van der Waals surface area contributed by atoms with E-state index in [1.165, 1.54) is 38.2 Å². The van der Waals surface area contributed by atoms with E-state index in [-0.39, 0.29) is 28.1 Å². The summed E-state index contributed by atoms with van der Waals surface area (Å²) in [6.45, 7) is 3.54. The third-order valence-corrected chi connectivity index (χ3v) is 4.12. The molecule has 2 N–H and O–H groups in total. The van der Waals surface area contributed by atoms with Crippen molar-refractivity contribution in [1.82, 2.24) is 5.32 Å². The van der Waals surface area contributed by atoms with Crippen molar-refractivity contribution in [3.05, 3.63) is 69.3 Å². The molecule has 2 aromatic rings. The second-order valence-corrected chi connectivity index (χ2v) is 6.06. The molecule has 2 aromatic carbocycles. The molecule has 29 heavy (non-hydrogen) atoms. The molecule has 0 aromatic heterocycles. The quantitative estimate of drug-likeness (QED) is 0.302. The number of nitrogens with one attached hydrogen (secondary N) is 2. The maximum atomic E-state index is 12.9. The largest absolute Gasteiger partial charge is 0.449 e. The number of nitro groups is 1. The van der Waals surface area contributed by atoms with Gasteiger partial charge in [0.15, 0.2) is 11.9 Å². The first-order valence-electron chi connectivity index (χ1n) is 8.88. The van der Waals surface area contributed by atoms with Gasteiger partial charge in [-0.3, -0.25) is 19.7 Å². The zero-order chi connectivity index (χ0) is 21.6. The number of benzene rings is 2. The van der Waals surface area contributed by atoms with Crippen LogP contribution >= 0.6 is 0 Å². The van der Waals surface area contributed by atoms with Gasteiger partial charge in [0.25, 0.3) is 11.6 Å². The number of likely N-dealkylation sites (N-methyl/N-ethyl adjacent to an activating group) is 1. The SMILES string of the molecule is CCNC(=O)[C@H](C)OC(=O)c1ccccc1C(=O)c1ccc(NC)c([N+](=O)[O-])c1. The normalized spacial score (nSPS) is 11.3. The molecule has 0 aliphatic carbocycles. The average molecular weight is 399 g/mol. The second kappa shape index (κ2) is 9.45. The molecule has 2 rings (SSSR count). The Bertz CT molecular complexity index is 957. The summed E-state index contributed by atoms with van der Waals surface area (Å²) in [5, 5.41) is 16.5. The molecule has 0 unspecified atom stereocenters. The number of ketones is 1.